The van der Waals surface area contributed by atoms with Crippen molar-refractivity contribution in [2.45, 2.75) is 11.5 Å². The van der Waals surface area contributed by atoms with Crippen molar-refractivity contribution in [3.63, 3.8) is 0 Å². The maximum Gasteiger partial charge on any atom is 0.277 e. The second kappa shape index (κ2) is 7.10. The predicted molar refractivity (Wildman–Crippen MR) is 62.5 cm³/mol. The summed E-state index contributed by atoms with van der Waals surface area (Å²) in [6.07, 6.45) is 1.53. The van der Waals surface area contributed by atoms with Crippen LogP contribution >= 0.6 is 24.2 Å². The molecule has 0 heterocycles. The van der Waals surface area contributed by atoms with Gasteiger partial charge in [0.1, 0.15) is 4.58 Å². The predicted octanol–water partition coefficient (Wildman–Crippen LogP) is 0.876. The molecule has 0 aromatic carbocycles. The van der Waals surface area contributed by atoms with Gasteiger partial charge in [-0.05, 0) is 6.92 Å². The number of nitrogens with two attached hydrogens (primary N) is 1. The van der Waals surface area contributed by atoms with Crippen LogP contribution in [0.3, 0.4) is 0 Å². The zero-order valence-corrected chi connectivity index (χ0v) is 10.0. The number of thioether (sulfide) groups is 1. The molecule has 3 N–H and O–H groups in total. The number of hydrogen-bond acceptors (Lipinski definition) is 4. The minimum atomic E-state index is -4.05. The van der Waals surface area contributed by atoms with Gasteiger partial charge < -0.3 is 5.73 Å². The van der Waals surface area contributed by atoms with Gasteiger partial charge >= 0.3 is 0 Å². The van der Waals surface area contributed by atoms with E-state index in [1.54, 1.807) is 0 Å². The molecule has 0 aromatic rings. The Morgan fingerprint density at radius 2 is 2.29 bits per heavy atom. The van der Waals surface area contributed by atoms with E-state index < -0.39 is 14.7 Å². The monoisotopic (exact) mass is 260 g/mol. The Bertz CT molecular complexity index is 302. The second-order valence-corrected chi connectivity index (χ2v) is 5.56. The van der Waals surface area contributed by atoms with Gasteiger partial charge in [-0.15, -0.1) is 19.0 Å². The van der Waals surface area contributed by atoms with Gasteiger partial charge in [-0.1, -0.05) is 17.8 Å². The van der Waals surface area contributed by atoms with E-state index in [1.807, 2.05) is 0 Å². The molecular formula is C6H13ClN2O3S2. The third-order valence-electron chi connectivity index (χ3n) is 1.08. The summed E-state index contributed by atoms with van der Waals surface area (Å²) < 4.78 is 28.7. The maximum atomic E-state index is 10.5. The molecule has 0 saturated carbocycles. The summed E-state index contributed by atoms with van der Waals surface area (Å²) >= 11 is 0.788. The van der Waals surface area contributed by atoms with Crippen LogP contribution < -0.4 is 5.73 Å². The molecule has 0 amide bonds. The van der Waals surface area contributed by atoms with Crippen molar-refractivity contribution in [3.05, 3.63) is 12.7 Å². The first-order valence-electron chi connectivity index (χ1n) is 3.41. The first-order chi connectivity index (χ1) is 5.88. The minimum Gasteiger partial charge on any atom is -0.378 e. The normalized spacial score (nSPS) is 14.3. The summed E-state index contributed by atoms with van der Waals surface area (Å²) in [5.41, 5.74) is 5.35. The quantitative estimate of drug-likeness (QED) is 0.339. The lowest BCUT2D eigenvalue weighted by Gasteiger charge is -2.05. The van der Waals surface area contributed by atoms with E-state index in [-0.39, 0.29) is 17.6 Å². The summed E-state index contributed by atoms with van der Waals surface area (Å²) in [7, 11) is -4.05. The summed E-state index contributed by atoms with van der Waals surface area (Å²) in [6.45, 7) is 5.08. The van der Waals surface area contributed by atoms with E-state index in [2.05, 4.69) is 11.6 Å². The number of aliphatic imine (C=N–C) groups is 1. The first-order valence-corrected chi connectivity index (χ1v) is 5.80. The smallest absolute Gasteiger partial charge is 0.277 e. The van der Waals surface area contributed by atoms with E-state index in [9.17, 15) is 8.42 Å². The molecule has 84 valence electrons. The zero-order chi connectivity index (χ0) is 10.5. The number of hydrogen-bond donors (Lipinski definition) is 2. The largest absolute Gasteiger partial charge is 0.378 e. The van der Waals surface area contributed by atoms with Crippen LogP contribution in [-0.4, -0.2) is 29.3 Å². The minimum absolute atomic E-state index is 0. The van der Waals surface area contributed by atoms with Crippen molar-refractivity contribution >= 4 is 39.5 Å². The van der Waals surface area contributed by atoms with Crippen molar-refractivity contribution in [1.29, 1.82) is 0 Å². The van der Waals surface area contributed by atoms with Crippen LogP contribution in [0.5, 0.6) is 0 Å². The SMILES string of the molecule is C=CCN=C(N)SC(C)S(=O)(=O)O.Cl. The Balaban J connectivity index is 0. The van der Waals surface area contributed by atoms with Gasteiger partial charge in [-0.2, -0.15) is 8.42 Å². The zero-order valence-electron chi connectivity index (χ0n) is 7.58. The highest BCUT2D eigenvalue weighted by molar-refractivity contribution is 8.21. The third-order valence-corrected chi connectivity index (χ3v) is 3.64. The fraction of sp³-hybridized carbons (Fsp3) is 0.500. The molecule has 0 aliphatic carbocycles. The van der Waals surface area contributed by atoms with Crippen LogP contribution in [0.2, 0.25) is 0 Å². The van der Waals surface area contributed by atoms with Crippen LogP contribution in [0.4, 0.5) is 0 Å². The van der Waals surface area contributed by atoms with Crippen molar-refractivity contribution < 1.29 is 13.0 Å². The summed E-state index contributed by atoms with van der Waals surface area (Å²) in [6, 6.07) is 0. The van der Waals surface area contributed by atoms with Gasteiger partial charge in [-0.3, -0.25) is 9.55 Å². The highest BCUT2D eigenvalue weighted by atomic mass is 35.5. The fourth-order valence-corrected chi connectivity index (χ4v) is 1.69. The Kier molecular flexibility index (Phi) is 8.22. The van der Waals surface area contributed by atoms with Crippen LogP contribution in [-0.2, 0) is 10.1 Å². The van der Waals surface area contributed by atoms with Crippen molar-refractivity contribution in [2.75, 3.05) is 6.54 Å². The molecule has 0 rings (SSSR count). The number of halogens is 1. The van der Waals surface area contributed by atoms with Gasteiger partial charge in [0.25, 0.3) is 10.1 Å². The Labute approximate surface area is 94.0 Å². The van der Waals surface area contributed by atoms with E-state index in [1.165, 1.54) is 13.0 Å². The maximum absolute atomic E-state index is 10.5. The standard InChI is InChI=1S/C6H12N2O3S2.ClH/c1-3-4-8-6(7)12-5(2)13(9,10)11;/h3,5H,1,4H2,2H3,(H2,7,8)(H,9,10,11);1H. The Morgan fingerprint density at radius 3 is 2.64 bits per heavy atom. The van der Waals surface area contributed by atoms with Gasteiger partial charge in [0.2, 0.25) is 0 Å². The lowest BCUT2D eigenvalue weighted by Crippen LogP contribution is -2.19. The second-order valence-electron chi connectivity index (χ2n) is 2.17. The van der Waals surface area contributed by atoms with Crippen LogP contribution in [0.1, 0.15) is 6.92 Å². The molecule has 0 aromatic heterocycles. The highest BCUT2D eigenvalue weighted by Gasteiger charge is 2.18. The average Bonchev–Trinajstić information content (AvgIpc) is 1.99. The molecule has 0 aliphatic heterocycles. The molecule has 0 aliphatic rings. The lowest BCUT2D eigenvalue weighted by atomic mass is 10.7. The van der Waals surface area contributed by atoms with Gasteiger partial charge in [0, 0.05) is 0 Å². The van der Waals surface area contributed by atoms with Crippen molar-refractivity contribution in [2.24, 2.45) is 10.7 Å². The highest BCUT2D eigenvalue weighted by Crippen LogP contribution is 2.14. The molecule has 5 nitrogen and oxygen atoms in total. The molecule has 0 fully saturated rings. The molecule has 14 heavy (non-hydrogen) atoms. The fourth-order valence-electron chi connectivity index (χ4n) is 0.423. The number of nitrogens with zero attached hydrogens (tertiary/aromatic N) is 1. The number of amidine groups is 1. The van der Waals surface area contributed by atoms with Crippen molar-refractivity contribution in [1.82, 2.24) is 0 Å². The molecule has 0 radical (unpaired) electrons. The van der Waals surface area contributed by atoms with Gasteiger partial charge in [-0.25, -0.2) is 0 Å². The topological polar surface area (TPSA) is 92.8 Å². The van der Waals surface area contributed by atoms with Crippen LogP contribution in [0.15, 0.2) is 17.6 Å². The Morgan fingerprint density at radius 1 is 1.79 bits per heavy atom. The molecule has 0 saturated heterocycles. The third kappa shape index (κ3) is 7.19. The average molecular weight is 261 g/mol. The van der Waals surface area contributed by atoms with Gasteiger partial charge in [0.15, 0.2) is 5.17 Å². The van der Waals surface area contributed by atoms with E-state index in [0.29, 0.717) is 6.54 Å². The van der Waals surface area contributed by atoms with E-state index >= 15 is 0 Å². The van der Waals surface area contributed by atoms with E-state index in [0.717, 1.165) is 11.8 Å². The molecule has 1 unspecified atom stereocenters. The molecular weight excluding hydrogens is 248 g/mol. The van der Waals surface area contributed by atoms with Crippen LogP contribution in [0.25, 0.3) is 0 Å². The number of rotatable bonds is 4. The Hall–Kier alpha value is -0.240. The van der Waals surface area contributed by atoms with Gasteiger partial charge in [0.05, 0.1) is 6.54 Å². The van der Waals surface area contributed by atoms with Crippen molar-refractivity contribution in [3.8, 4) is 0 Å². The van der Waals surface area contributed by atoms with E-state index in [4.69, 9.17) is 10.3 Å². The molecule has 0 bridgehead atoms. The van der Waals surface area contributed by atoms with Crippen LogP contribution in [0, 0.1) is 0 Å². The molecule has 0 spiro atoms. The molecule has 1 atom stereocenters. The summed E-state index contributed by atoms with van der Waals surface area (Å²) in [5, 5.41) is 0.116. The summed E-state index contributed by atoms with van der Waals surface area (Å²) in [5.74, 6) is 0. The molecule has 8 heteroatoms. The first kappa shape index (κ1) is 16.2. The summed E-state index contributed by atoms with van der Waals surface area (Å²) in [4.78, 5) is 3.76. The lowest BCUT2D eigenvalue weighted by molar-refractivity contribution is 0.482.